The summed E-state index contributed by atoms with van der Waals surface area (Å²) in [5, 5.41) is 3.48. The molecular formula is C20H17ClN2O2. The van der Waals surface area contributed by atoms with Crippen molar-refractivity contribution >= 4 is 17.5 Å². The second kappa shape index (κ2) is 8.31. The zero-order valence-electron chi connectivity index (χ0n) is 13.4. The normalized spacial score (nSPS) is 11.6. The maximum Gasteiger partial charge on any atom is 0.258 e. The van der Waals surface area contributed by atoms with Crippen LogP contribution in [0.4, 0.5) is 0 Å². The number of hydrogen-bond acceptors (Lipinski definition) is 3. The van der Waals surface area contributed by atoms with E-state index in [1.54, 1.807) is 24.5 Å². The van der Waals surface area contributed by atoms with Crippen LogP contribution in [0.3, 0.4) is 0 Å². The minimum atomic E-state index is -0.272. The molecule has 1 unspecified atom stereocenters. The molecule has 0 aliphatic rings. The average Bonchev–Trinajstić information content (AvgIpc) is 2.67. The van der Waals surface area contributed by atoms with Crippen LogP contribution in [0.2, 0.25) is 5.02 Å². The predicted octanol–water partition coefficient (Wildman–Crippen LogP) is 4.02. The van der Waals surface area contributed by atoms with Crippen LogP contribution < -0.4 is 10.1 Å². The molecule has 5 heteroatoms. The number of nitrogens with zero attached hydrogens (tertiary/aromatic N) is 1. The molecule has 1 amide bonds. The van der Waals surface area contributed by atoms with Gasteiger partial charge in [-0.25, -0.2) is 0 Å². The smallest absolute Gasteiger partial charge is 0.258 e. The number of pyridine rings is 1. The highest BCUT2D eigenvalue weighted by Crippen LogP contribution is 2.24. The van der Waals surface area contributed by atoms with Gasteiger partial charge in [0.15, 0.2) is 6.61 Å². The fourth-order valence-electron chi connectivity index (χ4n) is 2.47. The number of hydrogen-bond donors (Lipinski definition) is 1. The van der Waals surface area contributed by atoms with Gasteiger partial charge in [-0.15, -0.1) is 0 Å². The van der Waals surface area contributed by atoms with Crippen LogP contribution in [-0.2, 0) is 4.79 Å². The Morgan fingerprint density at radius 3 is 2.32 bits per heavy atom. The molecule has 0 aliphatic heterocycles. The van der Waals surface area contributed by atoms with Crippen molar-refractivity contribution in [2.24, 2.45) is 0 Å². The molecule has 3 aromatic rings. The molecule has 25 heavy (non-hydrogen) atoms. The lowest BCUT2D eigenvalue weighted by Gasteiger charge is -2.20. The Bertz CT molecular complexity index is 786. The number of rotatable bonds is 6. The molecule has 2 aromatic carbocycles. The van der Waals surface area contributed by atoms with E-state index in [9.17, 15) is 4.79 Å². The molecule has 4 nitrogen and oxygen atoms in total. The Morgan fingerprint density at radius 2 is 1.60 bits per heavy atom. The maximum absolute atomic E-state index is 12.4. The van der Waals surface area contributed by atoms with Crippen molar-refractivity contribution in [3.8, 4) is 5.75 Å². The lowest BCUT2D eigenvalue weighted by atomic mass is 10.00. The number of para-hydroxylation sites is 1. The topological polar surface area (TPSA) is 51.2 Å². The maximum atomic E-state index is 12.4. The van der Waals surface area contributed by atoms with E-state index in [-0.39, 0.29) is 18.6 Å². The summed E-state index contributed by atoms with van der Waals surface area (Å²) in [6, 6.07) is 20.3. The third-order valence-corrected chi connectivity index (χ3v) is 3.99. The summed E-state index contributed by atoms with van der Waals surface area (Å²) in [5.41, 5.74) is 1.94. The molecule has 0 spiro atoms. The minimum Gasteiger partial charge on any atom is -0.482 e. The van der Waals surface area contributed by atoms with Gasteiger partial charge in [0.1, 0.15) is 5.75 Å². The summed E-state index contributed by atoms with van der Waals surface area (Å²) in [4.78, 5) is 16.4. The van der Waals surface area contributed by atoms with Crippen molar-refractivity contribution < 1.29 is 9.53 Å². The molecular weight excluding hydrogens is 336 g/mol. The number of halogens is 1. The fourth-order valence-corrected chi connectivity index (χ4v) is 2.66. The fraction of sp³-hybridized carbons (Fsp3) is 0.100. The number of carbonyl (C=O) groups excluding carboxylic acids is 1. The summed E-state index contributed by atoms with van der Waals surface area (Å²) < 4.78 is 5.51. The SMILES string of the molecule is O=C(COc1ccccc1Cl)NC(c1ccccc1)c1ccncc1. The first-order valence-electron chi connectivity index (χ1n) is 7.85. The van der Waals surface area contributed by atoms with Crippen LogP contribution in [-0.4, -0.2) is 17.5 Å². The van der Waals surface area contributed by atoms with Gasteiger partial charge in [0.2, 0.25) is 0 Å². The Morgan fingerprint density at radius 1 is 0.960 bits per heavy atom. The third kappa shape index (κ3) is 4.58. The first-order chi connectivity index (χ1) is 12.2. The number of amides is 1. The van der Waals surface area contributed by atoms with Gasteiger partial charge in [0.25, 0.3) is 5.91 Å². The van der Waals surface area contributed by atoms with Gasteiger partial charge in [-0.1, -0.05) is 54.1 Å². The van der Waals surface area contributed by atoms with Crippen molar-refractivity contribution in [2.75, 3.05) is 6.61 Å². The summed E-state index contributed by atoms with van der Waals surface area (Å²) >= 11 is 6.04. The second-order valence-corrected chi connectivity index (χ2v) is 5.82. The number of benzene rings is 2. The molecule has 0 bridgehead atoms. The van der Waals surface area contributed by atoms with Crippen LogP contribution in [0, 0.1) is 0 Å². The lowest BCUT2D eigenvalue weighted by molar-refractivity contribution is -0.123. The summed E-state index contributed by atoms with van der Waals surface area (Å²) in [7, 11) is 0. The van der Waals surface area contributed by atoms with Crippen molar-refractivity contribution in [3.63, 3.8) is 0 Å². The van der Waals surface area contributed by atoms with Gasteiger partial charge in [-0.05, 0) is 35.4 Å². The third-order valence-electron chi connectivity index (χ3n) is 3.67. The zero-order valence-corrected chi connectivity index (χ0v) is 14.2. The molecule has 0 saturated heterocycles. The zero-order chi connectivity index (χ0) is 17.5. The summed E-state index contributed by atoms with van der Waals surface area (Å²) in [6.45, 7) is -0.113. The lowest BCUT2D eigenvalue weighted by Crippen LogP contribution is -2.33. The highest BCUT2D eigenvalue weighted by Gasteiger charge is 2.17. The quantitative estimate of drug-likeness (QED) is 0.729. The first kappa shape index (κ1) is 17.0. The number of carbonyl (C=O) groups is 1. The molecule has 3 rings (SSSR count). The highest BCUT2D eigenvalue weighted by atomic mass is 35.5. The molecule has 1 heterocycles. The van der Waals surface area contributed by atoms with Crippen LogP contribution in [0.25, 0.3) is 0 Å². The van der Waals surface area contributed by atoms with Crippen LogP contribution >= 0.6 is 11.6 Å². The predicted molar refractivity (Wildman–Crippen MR) is 97.6 cm³/mol. The number of ether oxygens (including phenoxy) is 1. The van der Waals surface area contributed by atoms with Crippen molar-refractivity contribution in [3.05, 3.63) is 95.3 Å². The van der Waals surface area contributed by atoms with Crippen molar-refractivity contribution in [2.45, 2.75) is 6.04 Å². The Balaban J connectivity index is 1.72. The van der Waals surface area contributed by atoms with Gasteiger partial charge < -0.3 is 10.1 Å². The van der Waals surface area contributed by atoms with E-state index in [0.29, 0.717) is 10.8 Å². The van der Waals surface area contributed by atoms with Gasteiger partial charge in [0.05, 0.1) is 11.1 Å². The number of nitrogens with one attached hydrogen (secondary N) is 1. The molecule has 1 N–H and O–H groups in total. The molecule has 1 aromatic heterocycles. The van der Waals surface area contributed by atoms with Crippen LogP contribution in [0.15, 0.2) is 79.1 Å². The Labute approximate surface area is 151 Å². The van der Waals surface area contributed by atoms with Crippen LogP contribution in [0.5, 0.6) is 5.75 Å². The average molecular weight is 353 g/mol. The molecule has 0 saturated carbocycles. The minimum absolute atomic E-state index is 0.113. The molecule has 126 valence electrons. The Kier molecular flexibility index (Phi) is 5.65. The van der Waals surface area contributed by atoms with Gasteiger partial charge in [-0.3, -0.25) is 9.78 Å². The van der Waals surface area contributed by atoms with Crippen molar-refractivity contribution in [1.29, 1.82) is 0 Å². The standard InChI is InChI=1S/C20H17ClN2O2/c21-17-8-4-5-9-18(17)25-14-19(24)23-20(15-6-2-1-3-7-15)16-10-12-22-13-11-16/h1-13,20H,14H2,(H,23,24). The molecule has 0 aliphatic carbocycles. The van der Waals surface area contributed by atoms with E-state index in [4.69, 9.17) is 16.3 Å². The molecule has 0 fully saturated rings. The largest absolute Gasteiger partial charge is 0.482 e. The highest BCUT2D eigenvalue weighted by molar-refractivity contribution is 6.32. The molecule has 0 radical (unpaired) electrons. The van der Waals surface area contributed by atoms with E-state index in [1.807, 2.05) is 54.6 Å². The molecule has 1 atom stereocenters. The first-order valence-corrected chi connectivity index (χ1v) is 8.23. The summed E-state index contributed by atoms with van der Waals surface area (Å²) in [6.07, 6.45) is 3.41. The van der Waals surface area contributed by atoms with E-state index in [2.05, 4.69) is 10.3 Å². The van der Waals surface area contributed by atoms with E-state index >= 15 is 0 Å². The monoisotopic (exact) mass is 352 g/mol. The second-order valence-electron chi connectivity index (χ2n) is 5.41. The van der Waals surface area contributed by atoms with Gasteiger partial charge in [-0.2, -0.15) is 0 Å². The van der Waals surface area contributed by atoms with E-state index in [1.165, 1.54) is 0 Å². The van der Waals surface area contributed by atoms with E-state index in [0.717, 1.165) is 11.1 Å². The van der Waals surface area contributed by atoms with Crippen molar-refractivity contribution in [1.82, 2.24) is 10.3 Å². The van der Waals surface area contributed by atoms with E-state index < -0.39 is 0 Å². The van der Waals surface area contributed by atoms with Gasteiger partial charge in [0, 0.05) is 12.4 Å². The van der Waals surface area contributed by atoms with Crippen LogP contribution in [0.1, 0.15) is 17.2 Å². The van der Waals surface area contributed by atoms with Gasteiger partial charge >= 0.3 is 0 Å². The Hall–Kier alpha value is -2.85. The summed E-state index contributed by atoms with van der Waals surface area (Å²) in [5.74, 6) is 0.255. The number of aromatic nitrogens is 1.